The van der Waals surface area contributed by atoms with Crippen molar-refractivity contribution < 1.29 is 14.3 Å². The van der Waals surface area contributed by atoms with Crippen molar-refractivity contribution in [3.05, 3.63) is 69.8 Å². The largest absolute Gasteiger partial charge is 0.444 e. The Balaban J connectivity index is 1.35. The van der Waals surface area contributed by atoms with Crippen LogP contribution < -0.4 is 5.32 Å². The van der Waals surface area contributed by atoms with Crippen molar-refractivity contribution in [2.75, 3.05) is 13.1 Å². The van der Waals surface area contributed by atoms with Crippen LogP contribution in [0.4, 0.5) is 4.79 Å². The highest BCUT2D eigenvalue weighted by atomic mass is 79.9. The van der Waals surface area contributed by atoms with E-state index in [1.165, 1.54) is 5.56 Å². The number of hydrogen-bond donors (Lipinski definition) is 2. The fourth-order valence-electron chi connectivity index (χ4n) is 4.31. The van der Waals surface area contributed by atoms with Crippen molar-refractivity contribution >= 4 is 38.8 Å². The Morgan fingerprint density at radius 3 is 2.64 bits per heavy atom. The lowest BCUT2D eigenvalue weighted by Crippen LogP contribution is -2.37. The summed E-state index contributed by atoms with van der Waals surface area (Å²) in [5.41, 5.74) is 3.47. The van der Waals surface area contributed by atoms with Gasteiger partial charge in [-0.25, -0.2) is 4.79 Å². The van der Waals surface area contributed by atoms with Crippen LogP contribution in [0, 0.1) is 0 Å². The molecule has 2 N–H and O–H groups in total. The Morgan fingerprint density at radius 2 is 1.91 bits per heavy atom. The molecule has 7 heteroatoms. The van der Waals surface area contributed by atoms with Gasteiger partial charge < -0.3 is 19.9 Å². The van der Waals surface area contributed by atoms with E-state index in [0.717, 1.165) is 52.4 Å². The topological polar surface area (TPSA) is 74.4 Å². The van der Waals surface area contributed by atoms with Crippen LogP contribution in [-0.4, -0.2) is 40.6 Å². The lowest BCUT2D eigenvalue weighted by atomic mass is 9.88. The van der Waals surface area contributed by atoms with Crippen LogP contribution in [0.3, 0.4) is 0 Å². The van der Waals surface area contributed by atoms with Gasteiger partial charge in [0.1, 0.15) is 5.60 Å². The number of amides is 2. The molecular weight excluding hydrogens is 482 g/mol. The van der Waals surface area contributed by atoms with E-state index in [0.29, 0.717) is 12.5 Å². The van der Waals surface area contributed by atoms with Gasteiger partial charge in [0.2, 0.25) is 0 Å². The van der Waals surface area contributed by atoms with Crippen molar-refractivity contribution in [3.63, 3.8) is 0 Å². The first-order chi connectivity index (χ1) is 15.7. The highest BCUT2D eigenvalue weighted by Gasteiger charge is 2.26. The molecule has 0 unspecified atom stereocenters. The minimum absolute atomic E-state index is 0.0809. The van der Waals surface area contributed by atoms with E-state index in [2.05, 4.69) is 38.4 Å². The van der Waals surface area contributed by atoms with E-state index in [4.69, 9.17) is 4.74 Å². The van der Waals surface area contributed by atoms with Gasteiger partial charge in [-0.05, 0) is 62.8 Å². The van der Waals surface area contributed by atoms with Crippen molar-refractivity contribution in [2.45, 2.75) is 51.7 Å². The number of nitrogens with one attached hydrogen (secondary N) is 2. The summed E-state index contributed by atoms with van der Waals surface area (Å²) in [7, 11) is 0. The van der Waals surface area contributed by atoms with Crippen LogP contribution >= 0.6 is 15.9 Å². The standard InChI is InChI=1S/C26H30BrN3O3/c1-26(2,3)33-25(32)29-15-17-5-4-6-19(13-17)18-9-11-30(12-10-18)24(31)22-16-28-23-14-20(27)7-8-21(22)23/h4-8,13-14,16,18,28H,9-12,15H2,1-3H3,(H,29,32). The normalized spacial score (nSPS) is 15.0. The summed E-state index contributed by atoms with van der Waals surface area (Å²) >= 11 is 3.48. The molecule has 0 radical (unpaired) electrons. The van der Waals surface area contributed by atoms with Crippen LogP contribution in [0.5, 0.6) is 0 Å². The number of carbonyl (C=O) groups is 2. The number of piperidine rings is 1. The summed E-state index contributed by atoms with van der Waals surface area (Å²) in [6, 6.07) is 14.3. The molecule has 6 nitrogen and oxygen atoms in total. The van der Waals surface area contributed by atoms with Crippen LogP contribution in [-0.2, 0) is 11.3 Å². The van der Waals surface area contributed by atoms with Gasteiger partial charge in [-0.15, -0.1) is 0 Å². The molecule has 1 aliphatic heterocycles. The van der Waals surface area contributed by atoms with Crippen molar-refractivity contribution in [1.29, 1.82) is 0 Å². The number of ether oxygens (including phenoxy) is 1. The smallest absolute Gasteiger partial charge is 0.407 e. The minimum atomic E-state index is -0.513. The van der Waals surface area contributed by atoms with Crippen LogP contribution in [0.2, 0.25) is 0 Å². The van der Waals surface area contributed by atoms with Gasteiger partial charge in [0.15, 0.2) is 0 Å². The number of nitrogens with zero attached hydrogens (tertiary/aromatic N) is 1. The summed E-state index contributed by atoms with van der Waals surface area (Å²) in [5.74, 6) is 0.479. The Bertz CT molecular complexity index is 1160. The summed E-state index contributed by atoms with van der Waals surface area (Å²) in [4.78, 5) is 30.2. The van der Waals surface area contributed by atoms with Crippen molar-refractivity contribution in [1.82, 2.24) is 15.2 Å². The maximum atomic E-state index is 13.1. The highest BCUT2D eigenvalue weighted by Crippen LogP contribution is 2.30. The SMILES string of the molecule is CC(C)(C)OC(=O)NCc1cccc(C2CCN(C(=O)c3c[nH]c4cc(Br)ccc34)CC2)c1. The van der Waals surface area contributed by atoms with Gasteiger partial charge in [0.25, 0.3) is 5.91 Å². The second kappa shape index (κ2) is 9.59. The van der Waals surface area contributed by atoms with Gasteiger partial charge in [-0.3, -0.25) is 4.79 Å². The Labute approximate surface area is 202 Å². The van der Waals surface area contributed by atoms with Gasteiger partial charge >= 0.3 is 6.09 Å². The molecule has 0 aliphatic carbocycles. The number of hydrogen-bond acceptors (Lipinski definition) is 3. The average molecular weight is 512 g/mol. The predicted molar refractivity (Wildman–Crippen MR) is 133 cm³/mol. The van der Waals surface area contributed by atoms with Crippen molar-refractivity contribution in [3.8, 4) is 0 Å². The van der Waals surface area contributed by atoms with E-state index in [1.54, 1.807) is 0 Å². The van der Waals surface area contributed by atoms with Gasteiger partial charge in [0, 0.05) is 41.2 Å². The van der Waals surface area contributed by atoms with E-state index in [-0.39, 0.29) is 5.91 Å². The molecule has 1 aromatic heterocycles. The predicted octanol–water partition coefficient (Wildman–Crippen LogP) is 5.97. The third kappa shape index (κ3) is 5.77. The fourth-order valence-corrected chi connectivity index (χ4v) is 4.67. The number of rotatable bonds is 4. The molecule has 0 saturated carbocycles. The summed E-state index contributed by atoms with van der Waals surface area (Å²) in [6.07, 6.45) is 3.24. The second-order valence-corrected chi connectivity index (χ2v) is 10.5. The third-order valence-electron chi connectivity index (χ3n) is 5.91. The molecule has 2 amide bonds. The lowest BCUT2D eigenvalue weighted by Gasteiger charge is -2.32. The fraction of sp³-hybridized carbons (Fsp3) is 0.385. The number of halogens is 1. The maximum absolute atomic E-state index is 13.1. The number of H-pyrrole nitrogens is 1. The number of likely N-dealkylation sites (tertiary alicyclic amines) is 1. The molecule has 1 saturated heterocycles. The van der Waals surface area contributed by atoms with Crippen LogP contribution in [0.25, 0.3) is 10.9 Å². The minimum Gasteiger partial charge on any atom is -0.444 e. The zero-order chi connectivity index (χ0) is 23.6. The molecule has 1 aliphatic rings. The second-order valence-electron chi connectivity index (χ2n) is 9.56. The molecule has 4 rings (SSSR count). The highest BCUT2D eigenvalue weighted by molar-refractivity contribution is 9.10. The monoisotopic (exact) mass is 511 g/mol. The Kier molecular flexibility index (Phi) is 6.79. The quantitative estimate of drug-likeness (QED) is 0.452. The van der Waals surface area contributed by atoms with Gasteiger partial charge in [0.05, 0.1) is 5.56 Å². The Hall–Kier alpha value is -2.80. The molecule has 0 spiro atoms. The molecule has 1 fully saturated rings. The third-order valence-corrected chi connectivity index (χ3v) is 6.41. The number of alkyl carbamates (subject to hydrolysis) is 1. The summed E-state index contributed by atoms with van der Waals surface area (Å²) in [5, 5.41) is 3.78. The van der Waals surface area contributed by atoms with Crippen LogP contribution in [0.1, 0.15) is 61.0 Å². The molecule has 174 valence electrons. The first-order valence-electron chi connectivity index (χ1n) is 11.3. The zero-order valence-corrected chi connectivity index (χ0v) is 20.9. The number of aromatic nitrogens is 1. The van der Waals surface area contributed by atoms with Gasteiger partial charge in [-0.2, -0.15) is 0 Å². The number of fused-ring (bicyclic) bond motifs is 1. The zero-order valence-electron chi connectivity index (χ0n) is 19.3. The number of carbonyl (C=O) groups excluding carboxylic acids is 2. The number of benzene rings is 2. The lowest BCUT2D eigenvalue weighted by molar-refractivity contribution is 0.0523. The Morgan fingerprint density at radius 1 is 1.15 bits per heavy atom. The first kappa shape index (κ1) is 23.4. The molecule has 33 heavy (non-hydrogen) atoms. The summed E-state index contributed by atoms with van der Waals surface area (Å²) in [6.45, 7) is 7.43. The maximum Gasteiger partial charge on any atom is 0.407 e. The van der Waals surface area contributed by atoms with E-state index >= 15 is 0 Å². The average Bonchev–Trinajstić information content (AvgIpc) is 3.19. The molecule has 3 aromatic rings. The number of aromatic amines is 1. The van der Waals surface area contributed by atoms with E-state index < -0.39 is 11.7 Å². The summed E-state index contributed by atoms with van der Waals surface area (Å²) < 4.78 is 6.30. The molecule has 2 heterocycles. The van der Waals surface area contributed by atoms with E-state index in [1.807, 2.05) is 62.2 Å². The van der Waals surface area contributed by atoms with Crippen LogP contribution in [0.15, 0.2) is 53.1 Å². The molecule has 0 bridgehead atoms. The first-order valence-corrected chi connectivity index (χ1v) is 12.1. The molecule has 2 aromatic carbocycles. The molecular formula is C26H30BrN3O3. The molecule has 0 atom stereocenters. The van der Waals surface area contributed by atoms with E-state index in [9.17, 15) is 9.59 Å². The van der Waals surface area contributed by atoms with Gasteiger partial charge in [-0.1, -0.05) is 46.3 Å². The van der Waals surface area contributed by atoms with Crippen molar-refractivity contribution in [2.24, 2.45) is 0 Å².